The van der Waals surface area contributed by atoms with Crippen molar-refractivity contribution in [3.8, 4) is 0 Å². The lowest BCUT2D eigenvalue weighted by molar-refractivity contribution is -0.137. The number of piperidine rings is 1. The number of hydrogen-bond donors (Lipinski definition) is 0. The predicted molar refractivity (Wildman–Crippen MR) is 91.8 cm³/mol. The molecular formula is C15H15ClF3N3O2S2. The van der Waals surface area contributed by atoms with Crippen LogP contribution in [0.25, 0.3) is 0 Å². The number of hydrogen-bond acceptors (Lipinski definition) is 5. The van der Waals surface area contributed by atoms with E-state index in [1.54, 1.807) is 0 Å². The van der Waals surface area contributed by atoms with Gasteiger partial charge in [0.1, 0.15) is 14.9 Å². The molecule has 26 heavy (non-hydrogen) atoms. The van der Waals surface area contributed by atoms with Gasteiger partial charge in [0.05, 0.1) is 10.6 Å². The van der Waals surface area contributed by atoms with Crippen molar-refractivity contribution < 1.29 is 21.6 Å². The fourth-order valence-corrected chi connectivity index (χ4v) is 5.73. The SMILES string of the molecule is Cc1nnc([C@@H]2CCCN(S(=O)(=O)c3ccc(C(F)(F)F)cc3Cl)C2)s1. The normalized spacial score (nSPS) is 19.7. The number of benzene rings is 1. The van der Waals surface area contributed by atoms with Crippen molar-refractivity contribution >= 4 is 33.0 Å². The molecule has 2 heterocycles. The monoisotopic (exact) mass is 425 g/mol. The third-order valence-electron chi connectivity index (χ3n) is 4.15. The van der Waals surface area contributed by atoms with Crippen molar-refractivity contribution in [2.75, 3.05) is 13.1 Å². The Morgan fingerprint density at radius 2 is 2.04 bits per heavy atom. The molecular weight excluding hydrogens is 411 g/mol. The molecule has 0 bridgehead atoms. The highest BCUT2D eigenvalue weighted by molar-refractivity contribution is 7.89. The van der Waals surface area contributed by atoms with Gasteiger partial charge in [0, 0.05) is 19.0 Å². The predicted octanol–water partition coefficient (Wildman–Crippen LogP) is 4.09. The van der Waals surface area contributed by atoms with Crippen LogP contribution in [0.1, 0.15) is 34.3 Å². The summed E-state index contributed by atoms with van der Waals surface area (Å²) in [6.07, 6.45) is -3.18. The van der Waals surface area contributed by atoms with Gasteiger partial charge in [0.25, 0.3) is 0 Å². The molecule has 142 valence electrons. The minimum atomic E-state index is -4.59. The maximum Gasteiger partial charge on any atom is 0.416 e. The minimum absolute atomic E-state index is 0.0852. The van der Waals surface area contributed by atoms with Crippen LogP contribution in [0.2, 0.25) is 5.02 Å². The summed E-state index contributed by atoms with van der Waals surface area (Å²) in [6.45, 7) is 2.31. The van der Waals surface area contributed by atoms with Crippen molar-refractivity contribution in [2.45, 2.75) is 36.8 Å². The maximum absolute atomic E-state index is 12.9. The molecule has 0 unspecified atom stereocenters. The molecule has 1 atom stereocenters. The Morgan fingerprint density at radius 1 is 1.31 bits per heavy atom. The molecule has 0 saturated carbocycles. The number of halogens is 4. The van der Waals surface area contributed by atoms with E-state index in [4.69, 9.17) is 11.6 Å². The van der Waals surface area contributed by atoms with Crippen LogP contribution in [0.15, 0.2) is 23.1 Å². The summed E-state index contributed by atoms with van der Waals surface area (Å²) in [7, 11) is -4.00. The van der Waals surface area contributed by atoms with Gasteiger partial charge < -0.3 is 0 Å². The Bertz CT molecular complexity index is 915. The number of aromatic nitrogens is 2. The Kier molecular flexibility index (Phi) is 5.31. The van der Waals surface area contributed by atoms with Crippen LogP contribution in [-0.4, -0.2) is 36.0 Å². The lowest BCUT2D eigenvalue weighted by atomic mass is 10.0. The fraction of sp³-hybridized carbons (Fsp3) is 0.467. The highest BCUT2D eigenvalue weighted by atomic mass is 35.5. The van der Waals surface area contributed by atoms with Gasteiger partial charge in [-0.15, -0.1) is 21.5 Å². The summed E-state index contributed by atoms with van der Waals surface area (Å²) >= 11 is 7.29. The second kappa shape index (κ2) is 7.06. The van der Waals surface area contributed by atoms with Crippen LogP contribution < -0.4 is 0 Å². The van der Waals surface area contributed by atoms with Gasteiger partial charge in [0.2, 0.25) is 10.0 Å². The van der Waals surface area contributed by atoms with Crippen LogP contribution in [0.4, 0.5) is 13.2 Å². The first-order valence-electron chi connectivity index (χ1n) is 7.76. The summed E-state index contributed by atoms with van der Waals surface area (Å²) in [5.41, 5.74) is -0.984. The van der Waals surface area contributed by atoms with E-state index in [0.29, 0.717) is 12.5 Å². The standard InChI is InChI=1S/C15H15ClF3N3O2S2/c1-9-20-21-14(25-9)10-3-2-6-22(8-10)26(23,24)13-5-4-11(7-12(13)16)15(17,18)19/h4-5,7,10H,2-3,6,8H2,1H3/t10-/m1/s1. The van der Waals surface area contributed by atoms with E-state index in [0.717, 1.165) is 28.6 Å². The van der Waals surface area contributed by atoms with Crippen LogP contribution in [0, 0.1) is 6.92 Å². The Morgan fingerprint density at radius 3 is 2.62 bits per heavy atom. The number of rotatable bonds is 3. The van der Waals surface area contributed by atoms with E-state index >= 15 is 0 Å². The second-order valence-electron chi connectivity index (χ2n) is 6.00. The molecule has 0 radical (unpaired) electrons. The Balaban J connectivity index is 1.88. The van der Waals surface area contributed by atoms with Crippen LogP contribution >= 0.6 is 22.9 Å². The smallest absolute Gasteiger partial charge is 0.207 e. The van der Waals surface area contributed by atoms with E-state index in [2.05, 4.69) is 10.2 Å². The fourth-order valence-electron chi connectivity index (χ4n) is 2.86. The highest BCUT2D eigenvalue weighted by Crippen LogP contribution is 2.36. The van der Waals surface area contributed by atoms with Gasteiger partial charge in [-0.3, -0.25) is 0 Å². The van der Waals surface area contributed by atoms with Gasteiger partial charge in [-0.05, 0) is 38.0 Å². The molecule has 11 heteroatoms. The third kappa shape index (κ3) is 3.88. The molecule has 2 aromatic rings. The third-order valence-corrected chi connectivity index (χ3v) is 7.50. The summed E-state index contributed by atoms with van der Waals surface area (Å²) in [5, 5.41) is 9.16. The first-order chi connectivity index (χ1) is 12.1. The van der Waals surface area contributed by atoms with Crippen LogP contribution in [0.3, 0.4) is 0 Å². The van der Waals surface area contributed by atoms with E-state index < -0.39 is 26.8 Å². The largest absolute Gasteiger partial charge is 0.416 e. The molecule has 5 nitrogen and oxygen atoms in total. The van der Waals surface area contributed by atoms with Crippen LogP contribution in [0.5, 0.6) is 0 Å². The molecule has 0 aliphatic carbocycles. The highest BCUT2D eigenvalue weighted by Gasteiger charge is 2.36. The Hall–Kier alpha value is -1.23. The summed E-state index contributed by atoms with van der Waals surface area (Å²) in [5.74, 6) is -0.0852. The van der Waals surface area contributed by atoms with E-state index in [1.165, 1.54) is 15.6 Å². The van der Waals surface area contributed by atoms with E-state index in [9.17, 15) is 21.6 Å². The van der Waals surface area contributed by atoms with Gasteiger partial charge in [0.15, 0.2) is 0 Å². The first kappa shape index (κ1) is 19.5. The molecule has 0 N–H and O–H groups in total. The van der Waals surface area contributed by atoms with Crippen molar-refractivity contribution in [3.63, 3.8) is 0 Å². The number of alkyl halides is 3. The lowest BCUT2D eigenvalue weighted by Gasteiger charge is -2.31. The zero-order chi connectivity index (χ0) is 19.1. The molecule has 1 saturated heterocycles. The molecule has 1 aliphatic rings. The topological polar surface area (TPSA) is 63.2 Å². The molecule has 0 spiro atoms. The molecule has 3 rings (SSSR count). The summed E-state index contributed by atoms with van der Waals surface area (Å²) in [4.78, 5) is -0.318. The minimum Gasteiger partial charge on any atom is -0.207 e. The molecule has 1 aromatic carbocycles. The van der Waals surface area contributed by atoms with E-state index in [-0.39, 0.29) is 23.9 Å². The van der Waals surface area contributed by atoms with Crippen molar-refractivity contribution in [1.29, 1.82) is 0 Å². The Labute approximate surface area is 157 Å². The second-order valence-corrected chi connectivity index (χ2v) is 9.53. The molecule has 1 fully saturated rings. The van der Waals surface area contributed by atoms with Gasteiger partial charge in [-0.25, -0.2) is 8.42 Å². The van der Waals surface area contributed by atoms with Crippen molar-refractivity contribution in [1.82, 2.24) is 14.5 Å². The summed E-state index contributed by atoms with van der Waals surface area (Å²) in [6, 6.07) is 2.29. The molecule has 1 aromatic heterocycles. The van der Waals surface area contributed by atoms with Crippen molar-refractivity contribution in [2.24, 2.45) is 0 Å². The zero-order valence-corrected chi connectivity index (χ0v) is 16.0. The quantitative estimate of drug-likeness (QED) is 0.743. The zero-order valence-electron chi connectivity index (χ0n) is 13.6. The number of aryl methyl sites for hydroxylation is 1. The van der Waals surface area contributed by atoms with Crippen molar-refractivity contribution in [3.05, 3.63) is 38.8 Å². The first-order valence-corrected chi connectivity index (χ1v) is 10.4. The van der Waals surface area contributed by atoms with E-state index in [1.807, 2.05) is 6.92 Å². The van der Waals surface area contributed by atoms with Gasteiger partial charge in [-0.1, -0.05) is 11.6 Å². The lowest BCUT2D eigenvalue weighted by Crippen LogP contribution is -2.39. The van der Waals surface area contributed by atoms with Gasteiger partial charge in [-0.2, -0.15) is 17.5 Å². The molecule has 1 aliphatic heterocycles. The average molecular weight is 426 g/mol. The summed E-state index contributed by atoms with van der Waals surface area (Å²) < 4.78 is 65.3. The van der Waals surface area contributed by atoms with Gasteiger partial charge >= 0.3 is 6.18 Å². The van der Waals surface area contributed by atoms with Crippen LogP contribution in [-0.2, 0) is 16.2 Å². The average Bonchev–Trinajstić information content (AvgIpc) is 3.00. The maximum atomic E-state index is 12.9. The molecule has 0 amide bonds. The number of nitrogens with zero attached hydrogens (tertiary/aromatic N) is 3. The number of sulfonamides is 1.